The molecule has 0 spiro atoms. The van der Waals surface area contributed by atoms with E-state index in [1.54, 1.807) is 6.08 Å². The lowest BCUT2D eigenvalue weighted by Crippen LogP contribution is -2.52. The number of anilines is 1. The van der Waals surface area contributed by atoms with Crippen LogP contribution in [0.4, 0.5) is 5.95 Å². The summed E-state index contributed by atoms with van der Waals surface area (Å²) < 4.78 is 0. The summed E-state index contributed by atoms with van der Waals surface area (Å²) in [5.74, 6) is 0.908. The Kier molecular flexibility index (Phi) is 7.00. The molecular weight excluding hydrogens is 458 g/mol. The highest BCUT2D eigenvalue weighted by Gasteiger charge is 2.29. The Hall–Kier alpha value is -3.51. The van der Waals surface area contributed by atoms with Crippen molar-refractivity contribution < 1.29 is 4.79 Å². The van der Waals surface area contributed by atoms with Gasteiger partial charge in [0.2, 0.25) is 11.9 Å². The topological polar surface area (TPSA) is 52.6 Å². The average molecular weight is 494 g/mol. The molecule has 6 heteroatoms. The third-order valence-corrected chi connectivity index (χ3v) is 8.15. The minimum atomic E-state index is 0.0558. The molecule has 0 bridgehead atoms. The van der Waals surface area contributed by atoms with Crippen molar-refractivity contribution in [3.8, 4) is 11.1 Å². The second-order valence-corrected chi connectivity index (χ2v) is 10.4. The number of carbonyl (C=O) groups excluding carboxylic acids is 1. The van der Waals surface area contributed by atoms with E-state index in [4.69, 9.17) is 9.97 Å². The highest BCUT2D eigenvalue weighted by Crippen LogP contribution is 2.26. The predicted octanol–water partition coefficient (Wildman–Crippen LogP) is 4.46. The summed E-state index contributed by atoms with van der Waals surface area (Å²) in [4.78, 5) is 29.6. The molecule has 1 amide bonds. The third kappa shape index (κ3) is 5.44. The molecule has 1 saturated carbocycles. The van der Waals surface area contributed by atoms with Crippen LogP contribution in [0.2, 0.25) is 0 Å². The second kappa shape index (κ2) is 10.9. The predicted molar refractivity (Wildman–Crippen MR) is 148 cm³/mol. The molecule has 0 N–H and O–H groups in total. The van der Waals surface area contributed by atoms with Crippen LogP contribution in [-0.4, -0.2) is 71.0 Å². The van der Waals surface area contributed by atoms with Crippen molar-refractivity contribution in [3.05, 3.63) is 83.7 Å². The zero-order chi connectivity index (χ0) is 25.0. The van der Waals surface area contributed by atoms with Gasteiger partial charge in [0.15, 0.2) is 0 Å². The van der Waals surface area contributed by atoms with Crippen LogP contribution in [-0.2, 0) is 17.6 Å². The van der Waals surface area contributed by atoms with Gasteiger partial charge in [-0.05, 0) is 47.6 Å². The lowest BCUT2D eigenvalue weighted by atomic mass is 9.91. The van der Waals surface area contributed by atoms with Crippen molar-refractivity contribution in [2.45, 2.75) is 38.1 Å². The van der Waals surface area contributed by atoms with Crippen LogP contribution in [0.3, 0.4) is 0 Å². The van der Waals surface area contributed by atoms with Gasteiger partial charge in [0, 0.05) is 64.0 Å². The van der Waals surface area contributed by atoms with Gasteiger partial charge in [-0.25, -0.2) is 9.97 Å². The van der Waals surface area contributed by atoms with E-state index < -0.39 is 0 Å². The summed E-state index contributed by atoms with van der Waals surface area (Å²) in [6.45, 7) is 5.60. The normalized spacial score (nSPS) is 18.9. The molecule has 0 unspecified atom stereocenters. The number of piperazine rings is 1. The molecule has 1 aromatic heterocycles. The van der Waals surface area contributed by atoms with Crippen LogP contribution in [0.25, 0.3) is 17.2 Å². The first-order valence-electron chi connectivity index (χ1n) is 13.7. The van der Waals surface area contributed by atoms with Crippen LogP contribution < -0.4 is 4.90 Å². The number of aromatic nitrogens is 2. The summed E-state index contributed by atoms with van der Waals surface area (Å²) in [7, 11) is 0. The van der Waals surface area contributed by atoms with E-state index in [2.05, 4.69) is 46.2 Å². The van der Waals surface area contributed by atoms with E-state index in [1.807, 2.05) is 35.4 Å². The quantitative estimate of drug-likeness (QED) is 0.492. The van der Waals surface area contributed by atoms with E-state index in [-0.39, 0.29) is 5.91 Å². The molecule has 37 heavy (non-hydrogen) atoms. The molecule has 3 heterocycles. The lowest BCUT2D eigenvalue weighted by Gasteiger charge is -2.43. The van der Waals surface area contributed by atoms with Crippen LogP contribution in [0.1, 0.15) is 36.1 Å². The molecule has 1 saturated heterocycles. The van der Waals surface area contributed by atoms with E-state index in [1.165, 1.54) is 36.0 Å². The minimum Gasteiger partial charge on any atom is -0.338 e. The summed E-state index contributed by atoms with van der Waals surface area (Å²) in [6.07, 6.45) is 11.3. The number of fused-ring (bicyclic) bond motifs is 1. The fourth-order valence-corrected chi connectivity index (χ4v) is 5.57. The number of amides is 1. The maximum Gasteiger partial charge on any atom is 0.246 e. The highest BCUT2D eigenvalue weighted by molar-refractivity contribution is 5.92. The van der Waals surface area contributed by atoms with Crippen molar-refractivity contribution in [1.82, 2.24) is 19.8 Å². The SMILES string of the molecule is O=C(/C=C/c1ccc(-c2ccccc2)cc1)N1CCc2cnc(N3CCN(C4CCC4)CC3)nc2CC1. The van der Waals surface area contributed by atoms with Crippen LogP contribution >= 0.6 is 0 Å². The lowest BCUT2D eigenvalue weighted by molar-refractivity contribution is -0.125. The van der Waals surface area contributed by atoms with Gasteiger partial charge >= 0.3 is 0 Å². The first-order chi connectivity index (χ1) is 18.2. The molecular formula is C31H35N5O. The van der Waals surface area contributed by atoms with Gasteiger partial charge in [0.05, 0.1) is 5.69 Å². The standard InChI is InChI=1S/C31H35N5O/c37-30(14-11-24-9-12-26(13-10-24)25-5-2-1-3-6-25)35-17-15-27-23-32-31(33-29(27)16-18-35)36-21-19-34(20-22-36)28-7-4-8-28/h1-3,5-6,9-14,23,28H,4,7-8,15-22H2/b14-11+. The first-order valence-corrected chi connectivity index (χ1v) is 13.7. The van der Waals surface area contributed by atoms with Gasteiger partial charge in [-0.15, -0.1) is 0 Å². The van der Waals surface area contributed by atoms with E-state index in [0.29, 0.717) is 13.1 Å². The van der Waals surface area contributed by atoms with E-state index in [0.717, 1.165) is 62.3 Å². The van der Waals surface area contributed by atoms with Gasteiger partial charge in [0.25, 0.3) is 0 Å². The number of benzene rings is 2. The minimum absolute atomic E-state index is 0.0558. The Morgan fingerprint density at radius 2 is 1.57 bits per heavy atom. The van der Waals surface area contributed by atoms with E-state index in [9.17, 15) is 4.79 Å². The Balaban J connectivity index is 1.05. The molecule has 2 fully saturated rings. The summed E-state index contributed by atoms with van der Waals surface area (Å²) >= 11 is 0. The first kappa shape index (κ1) is 23.9. The number of nitrogens with zero attached hydrogens (tertiary/aromatic N) is 5. The van der Waals surface area contributed by atoms with Gasteiger partial charge in [0.1, 0.15) is 0 Å². The van der Waals surface area contributed by atoms with Crippen LogP contribution in [0.5, 0.6) is 0 Å². The van der Waals surface area contributed by atoms with Crippen molar-refractivity contribution in [2.75, 3.05) is 44.2 Å². The second-order valence-electron chi connectivity index (χ2n) is 10.4. The van der Waals surface area contributed by atoms with Gasteiger partial charge in [-0.3, -0.25) is 9.69 Å². The summed E-state index contributed by atoms with van der Waals surface area (Å²) in [5.41, 5.74) is 5.67. The number of hydrogen-bond acceptors (Lipinski definition) is 5. The molecule has 190 valence electrons. The largest absolute Gasteiger partial charge is 0.338 e. The fraction of sp³-hybridized carbons (Fsp3) is 0.387. The van der Waals surface area contributed by atoms with Crippen molar-refractivity contribution in [2.24, 2.45) is 0 Å². The third-order valence-electron chi connectivity index (χ3n) is 8.15. The Morgan fingerprint density at radius 1 is 0.838 bits per heavy atom. The summed E-state index contributed by atoms with van der Waals surface area (Å²) in [6, 6.07) is 19.5. The maximum absolute atomic E-state index is 13.0. The number of rotatable bonds is 5. The van der Waals surface area contributed by atoms with Crippen molar-refractivity contribution in [3.63, 3.8) is 0 Å². The molecule has 0 radical (unpaired) electrons. The Labute approximate surface area is 219 Å². The fourth-order valence-electron chi connectivity index (χ4n) is 5.57. The van der Waals surface area contributed by atoms with Gasteiger partial charge in [-0.2, -0.15) is 0 Å². The van der Waals surface area contributed by atoms with E-state index >= 15 is 0 Å². The van der Waals surface area contributed by atoms with Crippen molar-refractivity contribution in [1.29, 1.82) is 0 Å². The smallest absolute Gasteiger partial charge is 0.246 e. The zero-order valence-electron chi connectivity index (χ0n) is 21.4. The Morgan fingerprint density at radius 3 is 2.30 bits per heavy atom. The van der Waals surface area contributed by atoms with Gasteiger partial charge < -0.3 is 9.80 Å². The highest BCUT2D eigenvalue weighted by atomic mass is 16.2. The molecule has 2 aromatic carbocycles. The molecule has 3 aromatic rings. The summed E-state index contributed by atoms with van der Waals surface area (Å²) in [5, 5.41) is 0. The molecule has 0 atom stereocenters. The number of carbonyl (C=O) groups is 1. The van der Waals surface area contributed by atoms with Crippen molar-refractivity contribution >= 4 is 17.9 Å². The maximum atomic E-state index is 13.0. The van der Waals surface area contributed by atoms with Crippen LogP contribution in [0, 0.1) is 0 Å². The monoisotopic (exact) mass is 493 g/mol. The molecule has 1 aliphatic carbocycles. The molecule has 6 nitrogen and oxygen atoms in total. The molecule has 3 aliphatic rings. The average Bonchev–Trinajstić information content (AvgIpc) is 3.14. The zero-order valence-corrected chi connectivity index (χ0v) is 21.4. The van der Waals surface area contributed by atoms with Crippen LogP contribution in [0.15, 0.2) is 66.9 Å². The van der Waals surface area contributed by atoms with Gasteiger partial charge in [-0.1, -0.05) is 61.0 Å². The Bertz CT molecular complexity index is 1240. The molecule has 2 aliphatic heterocycles. The number of hydrogen-bond donors (Lipinski definition) is 0. The molecule has 6 rings (SSSR count).